The quantitative estimate of drug-likeness (QED) is 0.651. The first-order valence-electron chi connectivity index (χ1n) is 9.35. The van der Waals surface area contributed by atoms with Crippen LogP contribution in [0.4, 0.5) is 5.69 Å². The minimum absolute atomic E-state index is 0.125. The summed E-state index contributed by atoms with van der Waals surface area (Å²) in [5, 5.41) is 3.03. The van der Waals surface area contributed by atoms with Gasteiger partial charge in [-0.3, -0.25) is 4.79 Å². The summed E-state index contributed by atoms with van der Waals surface area (Å²) in [7, 11) is 0. The number of anilines is 1. The van der Waals surface area contributed by atoms with Crippen molar-refractivity contribution in [3.05, 3.63) is 77.0 Å². The van der Waals surface area contributed by atoms with E-state index in [1.165, 1.54) is 5.69 Å². The molecule has 2 aromatic carbocycles. The van der Waals surface area contributed by atoms with E-state index in [1.54, 1.807) is 12.4 Å². The Morgan fingerprint density at radius 2 is 1.89 bits per heavy atom. The van der Waals surface area contributed by atoms with Crippen molar-refractivity contribution in [2.45, 2.75) is 6.42 Å². The van der Waals surface area contributed by atoms with Gasteiger partial charge in [-0.05, 0) is 30.5 Å². The Morgan fingerprint density at radius 1 is 1.11 bits per heavy atom. The van der Waals surface area contributed by atoms with Crippen molar-refractivity contribution in [1.82, 2.24) is 15.3 Å². The summed E-state index contributed by atoms with van der Waals surface area (Å²) in [6, 6.07) is 18.1. The van der Waals surface area contributed by atoms with Crippen molar-refractivity contribution in [3.63, 3.8) is 0 Å². The van der Waals surface area contributed by atoms with Gasteiger partial charge in [-0.15, -0.1) is 0 Å². The van der Waals surface area contributed by atoms with Crippen molar-refractivity contribution in [3.8, 4) is 11.4 Å². The van der Waals surface area contributed by atoms with Crippen LogP contribution < -0.4 is 10.2 Å². The molecule has 0 spiro atoms. The van der Waals surface area contributed by atoms with Gasteiger partial charge in [-0.1, -0.05) is 52.3 Å². The van der Waals surface area contributed by atoms with Gasteiger partial charge in [0.2, 0.25) is 0 Å². The summed E-state index contributed by atoms with van der Waals surface area (Å²) in [5.41, 5.74) is 2.64. The molecule has 5 nitrogen and oxygen atoms in total. The Kier molecular flexibility index (Phi) is 5.67. The van der Waals surface area contributed by atoms with E-state index in [1.807, 2.05) is 42.5 Å². The number of amides is 1. The molecule has 1 N–H and O–H groups in total. The van der Waals surface area contributed by atoms with E-state index in [-0.39, 0.29) is 5.91 Å². The minimum atomic E-state index is -0.125. The van der Waals surface area contributed by atoms with E-state index >= 15 is 0 Å². The highest BCUT2D eigenvalue weighted by Crippen LogP contribution is 2.26. The third-order valence-corrected chi connectivity index (χ3v) is 5.45. The van der Waals surface area contributed by atoms with E-state index < -0.39 is 0 Å². The topological polar surface area (TPSA) is 58.1 Å². The average molecular weight is 437 g/mol. The third kappa shape index (κ3) is 4.39. The maximum Gasteiger partial charge on any atom is 0.254 e. The Balaban J connectivity index is 1.31. The second-order valence-corrected chi connectivity index (χ2v) is 7.87. The zero-order valence-corrected chi connectivity index (χ0v) is 17.0. The monoisotopic (exact) mass is 436 g/mol. The normalized spacial score (nSPS) is 16.2. The van der Waals surface area contributed by atoms with Gasteiger partial charge in [-0.2, -0.15) is 0 Å². The zero-order chi connectivity index (χ0) is 19.3. The number of halogens is 1. The van der Waals surface area contributed by atoms with Gasteiger partial charge in [0.1, 0.15) is 0 Å². The van der Waals surface area contributed by atoms with Crippen LogP contribution in [0.1, 0.15) is 16.8 Å². The van der Waals surface area contributed by atoms with Crippen LogP contribution in [0.5, 0.6) is 0 Å². The van der Waals surface area contributed by atoms with E-state index in [2.05, 4.69) is 48.2 Å². The highest BCUT2D eigenvalue weighted by atomic mass is 79.9. The van der Waals surface area contributed by atoms with Gasteiger partial charge < -0.3 is 10.2 Å². The van der Waals surface area contributed by atoms with Crippen molar-refractivity contribution in [1.29, 1.82) is 0 Å². The van der Waals surface area contributed by atoms with E-state index in [4.69, 9.17) is 0 Å². The number of nitrogens with one attached hydrogen (secondary N) is 1. The summed E-state index contributed by atoms with van der Waals surface area (Å²) in [6.07, 6.45) is 4.25. The maximum atomic E-state index is 12.4. The Bertz CT molecular complexity index is 946. The van der Waals surface area contributed by atoms with Crippen LogP contribution in [-0.2, 0) is 0 Å². The minimum Gasteiger partial charge on any atom is -0.371 e. The molecule has 142 valence electrons. The number of carbonyl (C=O) groups excluding carboxylic acids is 1. The van der Waals surface area contributed by atoms with E-state index in [0.29, 0.717) is 23.9 Å². The predicted octanol–water partition coefficient (Wildman–Crippen LogP) is 4.16. The standard InChI is InChI=1S/C22H21BrN4O/c23-19-7-4-8-20(11-19)27-10-9-16(15-27)12-26-22(28)18-13-24-21(25-14-18)17-5-2-1-3-6-17/h1-8,11,13-14,16H,9-10,12,15H2,(H,26,28). The van der Waals surface area contributed by atoms with Crippen LogP contribution in [0.15, 0.2) is 71.5 Å². The summed E-state index contributed by atoms with van der Waals surface area (Å²) in [5.74, 6) is 0.936. The number of benzene rings is 2. The molecule has 1 aliphatic rings. The Hall–Kier alpha value is -2.73. The highest BCUT2D eigenvalue weighted by molar-refractivity contribution is 9.10. The molecule has 1 unspecified atom stereocenters. The summed E-state index contributed by atoms with van der Waals surface area (Å²) < 4.78 is 1.08. The number of aromatic nitrogens is 2. The summed E-state index contributed by atoms with van der Waals surface area (Å²) >= 11 is 3.52. The summed E-state index contributed by atoms with van der Waals surface area (Å²) in [6.45, 7) is 2.61. The predicted molar refractivity (Wildman–Crippen MR) is 114 cm³/mol. The molecule has 4 rings (SSSR count). The molecule has 0 saturated carbocycles. The first-order chi connectivity index (χ1) is 13.7. The first-order valence-corrected chi connectivity index (χ1v) is 10.1. The molecular weight excluding hydrogens is 416 g/mol. The fraction of sp³-hybridized carbons (Fsp3) is 0.227. The molecule has 1 amide bonds. The molecule has 0 radical (unpaired) electrons. The second kappa shape index (κ2) is 8.52. The van der Waals surface area contributed by atoms with Gasteiger partial charge in [-0.25, -0.2) is 9.97 Å². The van der Waals surface area contributed by atoms with Gasteiger partial charge in [0, 0.05) is 47.8 Å². The number of hydrogen-bond donors (Lipinski definition) is 1. The van der Waals surface area contributed by atoms with Crippen LogP contribution >= 0.6 is 15.9 Å². The van der Waals surface area contributed by atoms with Crippen LogP contribution in [0.25, 0.3) is 11.4 Å². The largest absolute Gasteiger partial charge is 0.371 e. The lowest BCUT2D eigenvalue weighted by atomic mass is 10.1. The lowest BCUT2D eigenvalue weighted by Gasteiger charge is -2.19. The third-order valence-electron chi connectivity index (χ3n) is 4.96. The summed E-state index contributed by atoms with van der Waals surface area (Å²) in [4.78, 5) is 23.4. The van der Waals surface area contributed by atoms with Gasteiger partial charge in [0.25, 0.3) is 5.91 Å². The number of hydrogen-bond acceptors (Lipinski definition) is 4. The SMILES string of the molecule is O=C(NCC1CCN(c2cccc(Br)c2)C1)c1cnc(-c2ccccc2)nc1. The average Bonchev–Trinajstić information content (AvgIpc) is 3.22. The number of rotatable bonds is 5. The van der Waals surface area contributed by atoms with Gasteiger partial charge in [0.05, 0.1) is 5.56 Å². The molecule has 28 heavy (non-hydrogen) atoms. The fourth-order valence-electron chi connectivity index (χ4n) is 3.43. The molecule has 2 heterocycles. The maximum absolute atomic E-state index is 12.4. The van der Waals surface area contributed by atoms with Crippen molar-refractivity contribution < 1.29 is 4.79 Å². The molecule has 6 heteroatoms. The van der Waals surface area contributed by atoms with E-state index in [9.17, 15) is 4.79 Å². The second-order valence-electron chi connectivity index (χ2n) is 6.95. The molecule has 3 aromatic rings. The van der Waals surface area contributed by atoms with Crippen molar-refractivity contribution in [2.75, 3.05) is 24.5 Å². The molecule has 0 aliphatic carbocycles. The molecule has 1 aromatic heterocycles. The Labute approximate surface area is 173 Å². The molecule has 1 fully saturated rings. The van der Waals surface area contributed by atoms with Crippen LogP contribution in [-0.4, -0.2) is 35.5 Å². The van der Waals surface area contributed by atoms with Crippen molar-refractivity contribution in [2.24, 2.45) is 5.92 Å². The Morgan fingerprint density at radius 3 is 2.64 bits per heavy atom. The molecule has 1 saturated heterocycles. The molecular formula is C22H21BrN4O. The number of nitrogens with zero attached hydrogens (tertiary/aromatic N) is 3. The first kappa shape index (κ1) is 18.6. The zero-order valence-electron chi connectivity index (χ0n) is 15.4. The fourth-order valence-corrected chi connectivity index (χ4v) is 3.81. The van der Waals surface area contributed by atoms with Crippen LogP contribution in [0, 0.1) is 5.92 Å². The van der Waals surface area contributed by atoms with Gasteiger partial charge in [0.15, 0.2) is 5.82 Å². The van der Waals surface area contributed by atoms with E-state index in [0.717, 1.165) is 29.5 Å². The highest BCUT2D eigenvalue weighted by Gasteiger charge is 2.23. The smallest absolute Gasteiger partial charge is 0.254 e. The molecule has 1 atom stereocenters. The van der Waals surface area contributed by atoms with Gasteiger partial charge >= 0.3 is 0 Å². The van der Waals surface area contributed by atoms with Crippen molar-refractivity contribution >= 4 is 27.5 Å². The lowest BCUT2D eigenvalue weighted by molar-refractivity contribution is 0.0947. The molecule has 1 aliphatic heterocycles. The number of carbonyl (C=O) groups is 1. The molecule has 0 bridgehead atoms. The lowest BCUT2D eigenvalue weighted by Crippen LogP contribution is -2.31. The van der Waals surface area contributed by atoms with Crippen LogP contribution in [0.3, 0.4) is 0 Å². The van der Waals surface area contributed by atoms with Crippen LogP contribution in [0.2, 0.25) is 0 Å².